The first-order valence-electron chi connectivity index (χ1n) is 6.99. The molecule has 0 spiro atoms. The summed E-state index contributed by atoms with van der Waals surface area (Å²) in [4.78, 5) is 4.05. The van der Waals surface area contributed by atoms with Gasteiger partial charge in [0.15, 0.2) is 0 Å². The summed E-state index contributed by atoms with van der Waals surface area (Å²) in [7, 11) is 1.38. The molecule has 0 saturated heterocycles. The maximum Gasteiger partial charge on any atom is 0.280 e. The van der Waals surface area contributed by atoms with Crippen LogP contribution in [-0.2, 0) is 10.0 Å². The lowest BCUT2D eigenvalue weighted by atomic mass is 10.2. The number of nitrogens with one attached hydrogen (secondary N) is 1. The second kappa shape index (κ2) is 7.55. The highest BCUT2D eigenvalue weighted by atomic mass is 35.5. The van der Waals surface area contributed by atoms with Gasteiger partial charge in [-0.25, -0.2) is 0 Å². The Kier molecular flexibility index (Phi) is 5.69. The first-order chi connectivity index (χ1) is 11.3. The van der Waals surface area contributed by atoms with E-state index in [0.717, 1.165) is 11.3 Å². The second-order valence-electron chi connectivity index (χ2n) is 5.13. The van der Waals surface area contributed by atoms with Crippen molar-refractivity contribution < 1.29 is 13.2 Å². The van der Waals surface area contributed by atoms with Gasteiger partial charge >= 0.3 is 0 Å². The zero-order chi connectivity index (χ0) is 17.7. The van der Waals surface area contributed by atoms with E-state index < -0.39 is 10.0 Å². The maximum atomic E-state index is 12.3. The van der Waals surface area contributed by atoms with E-state index in [-0.39, 0.29) is 10.6 Å². The first-order valence-corrected chi connectivity index (χ1v) is 8.85. The summed E-state index contributed by atoms with van der Waals surface area (Å²) in [6.45, 7) is 0. The van der Waals surface area contributed by atoms with Crippen LogP contribution in [-0.4, -0.2) is 35.8 Å². The molecule has 8 heteroatoms. The van der Waals surface area contributed by atoms with Crippen molar-refractivity contribution in [3.05, 3.63) is 53.1 Å². The fourth-order valence-corrected chi connectivity index (χ4v) is 3.16. The van der Waals surface area contributed by atoms with Gasteiger partial charge in [0.2, 0.25) is 0 Å². The van der Waals surface area contributed by atoms with E-state index in [9.17, 15) is 8.42 Å². The molecule has 0 saturated carbocycles. The molecule has 0 unspecified atom stereocenters. The van der Waals surface area contributed by atoms with Crippen LogP contribution in [0.25, 0.3) is 0 Å². The van der Waals surface area contributed by atoms with Crippen LogP contribution in [0.3, 0.4) is 0 Å². The van der Waals surface area contributed by atoms with Crippen molar-refractivity contribution in [3.63, 3.8) is 0 Å². The van der Waals surface area contributed by atoms with E-state index in [1.807, 2.05) is 43.3 Å². The zero-order valence-corrected chi connectivity index (χ0v) is 15.1. The Balaban J connectivity index is 2.16. The van der Waals surface area contributed by atoms with Gasteiger partial charge in [-0.3, -0.25) is 0 Å². The molecule has 24 heavy (non-hydrogen) atoms. The van der Waals surface area contributed by atoms with E-state index in [0.29, 0.717) is 5.02 Å². The molecular weight excluding hydrogens is 350 g/mol. The summed E-state index contributed by atoms with van der Waals surface area (Å²) in [5.74, 6) is 0.192. The van der Waals surface area contributed by atoms with Crippen molar-refractivity contribution in [1.82, 2.24) is 4.83 Å². The Bertz CT molecular complexity index is 834. The monoisotopic (exact) mass is 367 g/mol. The molecule has 0 aliphatic rings. The maximum absolute atomic E-state index is 12.3. The molecule has 0 bridgehead atoms. The number of benzene rings is 2. The number of hydrogen-bond donors (Lipinski definition) is 1. The average Bonchev–Trinajstić information content (AvgIpc) is 2.55. The minimum absolute atomic E-state index is 0.0717. The van der Waals surface area contributed by atoms with Crippen molar-refractivity contribution >= 4 is 33.5 Å². The molecule has 0 aliphatic carbocycles. The Morgan fingerprint density at radius 2 is 1.83 bits per heavy atom. The summed E-state index contributed by atoms with van der Waals surface area (Å²) in [6, 6.07) is 11.9. The molecule has 2 aromatic rings. The molecule has 0 aromatic heterocycles. The molecule has 1 N–H and O–H groups in total. The van der Waals surface area contributed by atoms with Crippen molar-refractivity contribution in [2.24, 2.45) is 5.10 Å². The smallest absolute Gasteiger partial charge is 0.280 e. The van der Waals surface area contributed by atoms with E-state index in [4.69, 9.17) is 16.3 Å². The van der Waals surface area contributed by atoms with E-state index in [1.54, 1.807) is 6.07 Å². The summed E-state index contributed by atoms with van der Waals surface area (Å²) in [6.07, 6.45) is 1.42. The third-order valence-corrected chi connectivity index (χ3v) is 4.69. The van der Waals surface area contributed by atoms with E-state index in [1.165, 1.54) is 25.5 Å². The van der Waals surface area contributed by atoms with Gasteiger partial charge < -0.3 is 9.64 Å². The van der Waals surface area contributed by atoms with Gasteiger partial charge in [-0.05, 0) is 35.9 Å². The van der Waals surface area contributed by atoms with Crippen LogP contribution in [0.2, 0.25) is 5.02 Å². The molecular formula is C16H18ClN3O3S. The number of ether oxygens (including phenoxy) is 1. The highest BCUT2D eigenvalue weighted by Gasteiger charge is 2.19. The summed E-state index contributed by atoms with van der Waals surface area (Å²) in [5, 5.41) is 4.09. The second-order valence-corrected chi connectivity index (χ2v) is 7.20. The number of sulfonamides is 1. The first kappa shape index (κ1) is 18.1. The molecule has 6 nitrogen and oxygen atoms in total. The fraction of sp³-hybridized carbons (Fsp3) is 0.188. The molecule has 0 fully saturated rings. The summed E-state index contributed by atoms with van der Waals surface area (Å²) >= 11 is 5.86. The van der Waals surface area contributed by atoms with Crippen molar-refractivity contribution in [3.8, 4) is 5.75 Å². The molecule has 2 rings (SSSR count). The Morgan fingerprint density at radius 1 is 1.17 bits per heavy atom. The summed E-state index contributed by atoms with van der Waals surface area (Å²) < 4.78 is 29.7. The minimum atomic E-state index is -3.88. The normalized spacial score (nSPS) is 11.5. The minimum Gasteiger partial charge on any atom is -0.495 e. The standard InChI is InChI=1S/C16H18ClN3O3S/c1-20(2)14-7-4-12(5-8-14)11-18-19-24(21,22)16-10-13(17)6-9-15(16)23-3/h4-11,19H,1-3H3/b18-11+. The lowest BCUT2D eigenvalue weighted by Crippen LogP contribution is -2.19. The number of halogens is 1. The van der Waals surface area contributed by atoms with Crippen LogP contribution in [0.1, 0.15) is 5.56 Å². The van der Waals surface area contributed by atoms with Crippen LogP contribution in [0, 0.1) is 0 Å². The van der Waals surface area contributed by atoms with E-state index in [2.05, 4.69) is 9.93 Å². The van der Waals surface area contributed by atoms with Gasteiger partial charge in [0.25, 0.3) is 10.0 Å². The highest BCUT2D eigenvalue weighted by molar-refractivity contribution is 7.89. The highest BCUT2D eigenvalue weighted by Crippen LogP contribution is 2.26. The Hall–Kier alpha value is -2.25. The predicted octanol–water partition coefficient (Wildman–Crippen LogP) is 2.73. The van der Waals surface area contributed by atoms with Gasteiger partial charge in [0.1, 0.15) is 10.6 Å². The third kappa shape index (κ3) is 4.39. The van der Waals surface area contributed by atoms with Gasteiger partial charge in [0, 0.05) is 24.8 Å². The van der Waals surface area contributed by atoms with Crippen LogP contribution >= 0.6 is 11.6 Å². The summed E-state index contributed by atoms with van der Waals surface area (Å²) in [5.41, 5.74) is 1.80. The van der Waals surface area contributed by atoms with Crippen LogP contribution in [0.4, 0.5) is 5.69 Å². The Morgan fingerprint density at radius 3 is 2.42 bits per heavy atom. The predicted molar refractivity (Wildman–Crippen MR) is 96.7 cm³/mol. The van der Waals surface area contributed by atoms with Crippen molar-refractivity contribution in [2.45, 2.75) is 4.90 Å². The van der Waals surface area contributed by atoms with Crippen molar-refractivity contribution in [2.75, 3.05) is 26.1 Å². The van der Waals surface area contributed by atoms with Crippen LogP contribution < -0.4 is 14.5 Å². The van der Waals surface area contributed by atoms with Gasteiger partial charge in [0.05, 0.1) is 13.3 Å². The number of nitrogens with zero attached hydrogens (tertiary/aromatic N) is 2. The fourth-order valence-electron chi connectivity index (χ4n) is 1.94. The third-order valence-electron chi connectivity index (χ3n) is 3.21. The number of rotatable bonds is 6. The molecule has 0 amide bonds. The molecule has 0 atom stereocenters. The number of hydrogen-bond acceptors (Lipinski definition) is 5. The molecule has 0 aliphatic heterocycles. The quantitative estimate of drug-likeness (QED) is 0.629. The van der Waals surface area contributed by atoms with Gasteiger partial charge in [-0.1, -0.05) is 23.7 Å². The molecule has 0 radical (unpaired) electrons. The lowest BCUT2D eigenvalue weighted by molar-refractivity contribution is 0.402. The lowest BCUT2D eigenvalue weighted by Gasteiger charge is -2.11. The topological polar surface area (TPSA) is 71.0 Å². The molecule has 2 aromatic carbocycles. The van der Waals surface area contributed by atoms with Gasteiger partial charge in [-0.2, -0.15) is 18.4 Å². The molecule has 0 heterocycles. The number of anilines is 1. The van der Waals surface area contributed by atoms with E-state index >= 15 is 0 Å². The van der Waals surface area contributed by atoms with Crippen LogP contribution in [0.5, 0.6) is 5.75 Å². The molecule has 128 valence electrons. The Labute approximate surface area is 146 Å². The average molecular weight is 368 g/mol. The largest absolute Gasteiger partial charge is 0.495 e. The van der Waals surface area contributed by atoms with Crippen LogP contribution in [0.15, 0.2) is 52.5 Å². The van der Waals surface area contributed by atoms with Gasteiger partial charge in [-0.15, -0.1) is 0 Å². The van der Waals surface area contributed by atoms with Crippen molar-refractivity contribution in [1.29, 1.82) is 0 Å². The number of methoxy groups -OCH3 is 1. The SMILES string of the molecule is COc1ccc(Cl)cc1S(=O)(=O)N/N=C/c1ccc(N(C)C)cc1. The zero-order valence-electron chi connectivity index (χ0n) is 13.5. The number of hydrazone groups is 1.